The van der Waals surface area contributed by atoms with Crippen LogP contribution in [-0.4, -0.2) is 78.3 Å². The number of nitrogens with zero attached hydrogens (tertiary/aromatic N) is 6. The number of aromatic nitrogens is 4. The van der Waals surface area contributed by atoms with E-state index in [1.54, 1.807) is 67.0 Å². The molecule has 83 heavy (non-hydrogen) atoms. The van der Waals surface area contributed by atoms with Gasteiger partial charge in [-0.3, -0.25) is 19.2 Å². The number of nitrogen functional groups attached to an aromatic ring is 2. The third-order valence-electron chi connectivity index (χ3n) is 13.6. The van der Waals surface area contributed by atoms with E-state index >= 15 is 0 Å². The number of carbonyl (C=O) groups excluding carboxylic acids is 5. The van der Waals surface area contributed by atoms with Gasteiger partial charge in [-0.1, -0.05) is 60.7 Å². The largest absolute Gasteiger partial charge is 0.461 e. The second-order valence-corrected chi connectivity index (χ2v) is 20.8. The molecule has 0 atom stereocenters. The summed E-state index contributed by atoms with van der Waals surface area (Å²) in [7, 11) is 0. The number of hydrogen-bond donors (Lipinski definition) is 4. The van der Waals surface area contributed by atoms with E-state index in [9.17, 15) is 41.5 Å². The Labute approximate surface area is 474 Å². The lowest BCUT2D eigenvalue weighted by Gasteiger charge is -2.19. The number of alkyl carbamates (subject to hydrolysis) is 1. The topological polar surface area (TPSA) is 261 Å². The molecule has 0 bridgehead atoms. The first-order valence-corrected chi connectivity index (χ1v) is 26.5. The molecule has 6 aromatic carbocycles. The fourth-order valence-electron chi connectivity index (χ4n) is 9.60. The minimum Gasteiger partial charge on any atom is -0.461 e. The first kappa shape index (κ1) is 58.1. The van der Waals surface area contributed by atoms with Crippen molar-refractivity contribution >= 4 is 63.5 Å². The molecule has 4 heterocycles. The van der Waals surface area contributed by atoms with E-state index in [1.165, 1.54) is 0 Å². The second kappa shape index (κ2) is 25.1. The van der Waals surface area contributed by atoms with Crippen LogP contribution >= 0.6 is 0 Å². The molecule has 18 nitrogen and oxygen atoms in total. The molecule has 7 N–H and O–H groups in total. The normalized spacial score (nSPS) is 12.6. The van der Waals surface area contributed by atoms with E-state index in [0.29, 0.717) is 77.6 Å². The van der Waals surface area contributed by atoms with Gasteiger partial charge < -0.3 is 46.5 Å². The molecule has 0 saturated carbocycles. The molecule has 2 aromatic heterocycles. The Hall–Kier alpha value is -9.57. The Morgan fingerprint density at radius 1 is 0.554 bits per heavy atom. The number of nitrogens with two attached hydrogens (primary N) is 3. The van der Waals surface area contributed by atoms with Crippen molar-refractivity contribution in [3.05, 3.63) is 177 Å². The van der Waals surface area contributed by atoms with Gasteiger partial charge in [-0.15, -0.1) is 0 Å². The van der Waals surface area contributed by atoms with Crippen molar-refractivity contribution in [2.45, 2.75) is 91.4 Å². The van der Waals surface area contributed by atoms with E-state index in [2.05, 4.69) is 25.3 Å². The van der Waals surface area contributed by atoms with Gasteiger partial charge in [-0.25, -0.2) is 42.3 Å². The molecule has 2 aliphatic rings. The number of amides is 3. The highest BCUT2D eigenvalue weighted by atomic mass is 19.2. The number of anilines is 2. The van der Waals surface area contributed by atoms with Gasteiger partial charge in [0.05, 0.1) is 11.0 Å². The molecule has 8 aromatic rings. The van der Waals surface area contributed by atoms with Crippen LogP contribution in [0.1, 0.15) is 101 Å². The van der Waals surface area contributed by atoms with E-state index < -0.39 is 46.9 Å². The number of esters is 2. The van der Waals surface area contributed by atoms with E-state index in [0.717, 1.165) is 46.5 Å². The van der Waals surface area contributed by atoms with Crippen molar-refractivity contribution in [3.63, 3.8) is 0 Å². The van der Waals surface area contributed by atoms with Crippen LogP contribution in [0.25, 0.3) is 44.1 Å². The molecule has 428 valence electrons. The molecule has 0 spiro atoms. The van der Waals surface area contributed by atoms with Crippen LogP contribution in [0.3, 0.4) is 0 Å². The standard InChI is InChI=1S/C33H33F2N5O5.C28H25F2N5O3/c1-33(2,3)45-32(43)37-12-6-9-28(41)44-18-22-14-25(34)26(35)15-23(22)19-10-11-27-24(13-19)29(39-31(36)38-27)30(42)40-16-20-7-4-5-8-21(20)17-40;29-22-11-19(15-38-25(36)6-3-9-31)20(12-23(22)30)16-7-8-24-21(10-16)26(34-28(32)33-24)27(37)35-13-17-4-1-2-5-18(17)14-35/h4-5,7-8,10-11,13-15H,6,9,12,16-18H2,1-3H3,(H,37,43)(H2,36,38,39);1-2,4-5,7-8,10-12H,3,6,9,13-15,31H2,(H2,32,33,34). The van der Waals surface area contributed by atoms with Crippen LogP contribution < -0.4 is 22.5 Å². The smallest absolute Gasteiger partial charge is 0.407 e. The van der Waals surface area contributed by atoms with Gasteiger partial charge in [-0.05, 0) is 133 Å². The summed E-state index contributed by atoms with van der Waals surface area (Å²) in [4.78, 5) is 83.7. The molecule has 2 aliphatic heterocycles. The Morgan fingerprint density at radius 3 is 1.35 bits per heavy atom. The number of fused-ring (bicyclic) bond motifs is 4. The number of nitrogens with one attached hydrogen (secondary N) is 1. The van der Waals surface area contributed by atoms with Crippen LogP contribution in [0, 0.1) is 23.3 Å². The van der Waals surface area contributed by atoms with Gasteiger partial charge in [-0.2, -0.15) is 0 Å². The average molecular weight is 1140 g/mol. The summed E-state index contributed by atoms with van der Waals surface area (Å²) in [6.45, 7) is 6.84. The van der Waals surface area contributed by atoms with E-state index in [4.69, 9.17) is 31.4 Å². The van der Waals surface area contributed by atoms with Crippen molar-refractivity contribution in [3.8, 4) is 22.3 Å². The third kappa shape index (κ3) is 14.0. The minimum absolute atomic E-state index is 0.0185. The maximum Gasteiger partial charge on any atom is 0.407 e. The number of halogens is 4. The summed E-state index contributed by atoms with van der Waals surface area (Å²) in [5, 5.41) is 3.35. The number of benzene rings is 6. The molecule has 0 saturated heterocycles. The molecule has 22 heteroatoms. The molecular formula is C61H58F4N10O8. The molecule has 0 fully saturated rings. The minimum atomic E-state index is -1.10. The van der Waals surface area contributed by atoms with E-state index in [-0.39, 0.29) is 90.8 Å². The average Bonchev–Trinajstić information content (AvgIpc) is 4.11. The van der Waals surface area contributed by atoms with Crippen molar-refractivity contribution in [2.24, 2.45) is 5.73 Å². The van der Waals surface area contributed by atoms with E-state index in [1.807, 2.05) is 48.5 Å². The van der Waals surface area contributed by atoms with Gasteiger partial charge in [0, 0.05) is 67.5 Å². The lowest BCUT2D eigenvalue weighted by molar-refractivity contribution is -0.145. The van der Waals surface area contributed by atoms with Crippen LogP contribution in [0.4, 0.5) is 34.3 Å². The second-order valence-electron chi connectivity index (χ2n) is 20.8. The lowest BCUT2D eigenvalue weighted by Crippen LogP contribution is -2.33. The highest BCUT2D eigenvalue weighted by molar-refractivity contribution is 6.07. The van der Waals surface area contributed by atoms with Crippen LogP contribution in [0.5, 0.6) is 0 Å². The number of hydrogen-bond acceptors (Lipinski definition) is 15. The molecular weight excluding hydrogens is 1080 g/mol. The molecule has 0 unspecified atom stereocenters. The van der Waals surface area contributed by atoms with Gasteiger partial charge in [0.15, 0.2) is 23.3 Å². The monoisotopic (exact) mass is 1130 g/mol. The highest BCUT2D eigenvalue weighted by Crippen LogP contribution is 2.35. The Balaban J connectivity index is 0.000000202. The summed E-state index contributed by atoms with van der Waals surface area (Å²) in [5.74, 6) is -6.19. The molecule has 0 radical (unpaired) electrons. The number of carbonyl (C=O) groups is 5. The zero-order valence-electron chi connectivity index (χ0n) is 45.6. The maximum atomic E-state index is 14.5. The first-order chi connectivity index (χ1) is 39.7. The van der Waals surface area contributed by atoms with Crippen LogP contribution in [-0.2, 0) is 63.2 Å². The Kier molecular flexibility index (Phi) is 17.5. The lowest BCUT2D eigenvalue weighted by atomic mass is 9.97. The van der Waals surface area contributed by atoms with Crippen molar-refractivity contribution in [1.29, 1.82) is 0 Å². The van der Waals surface area contributed by atoms with Gasteiger partial charge >= 0.3 is 18.0 Å². The molecule has 10 rings (SSSR count). The predicted molar refractivity (Wildman–Crippen MR) is 300 cm³/mol. The fourth-order valence-corrected chi connectivity index (χ4v) is 9.60. The van der Waals surface area contributed by atoms with Gasteiger partial charge in [0.2, 0.25) is 11.9 Å². The van der Waals surface area contributed by atoms with Gasteiger partial charge in [0.1, 0.15) is 30.2 Å². The van der Waals surface area contributed by atoms with Crippen molar-refractivity contribution < 1.29 is 55.7 Å². The third-order valence-corrected chi connectivity index (χ3v) is 13.6. The number of ether oxygens (including phenoxy) is 3. The molecule has 3 amide bonds. The summed E-state index contributed by atoms with van der Waals surface area (Å²) >= 11 is 0. The van der Waals surface area contributed by atoms with Crippen molar-refractivity contribution in [2.75, 3.05) is 24.6 Å². The fraction of sp³-hybridized carbons (Fsp3) is 0.262. The number of rotatable bonds is 15. The predicted octanol–water partition coefficient (Wildman–Crippen LogP) is 9.76. The molecule has 0 aliphatic carbocycles. The van der Waals surface area contributed by atoms with Crippen LogP contribution in [0.15, 0.2) is 109 Å². The SMILES string of the molecule is CC(C)(C)OC(=O)NCCCC(=O)OCc1cc(F)c(F)cc1-c1ccc2nc(N)nc(C(=O)N3Cc4ccccc4C3)c2c1.NCCCC(=O)OCc1cc(F)c(F)cc1-c1ccc2nc(N)nc(C(=O)N3Cc4ccccc4C3)c2c1. The van der Waals surface area contributed by atoms with Crippen molar-refractivity contribution in [1.82, 2.24) is 35.1 Å². The Morgan fingerprint density at radius 2 is 0.952 bits per heavy atom. The first-order valence-electron chi connectivity index (χ1n) is 26.5. The maximum absolute atomic E-state index is 14.5. The summed E-state index contributed by atoms with van der Waals surface area (Å²) in [5.41, 5.74) is 23.8. The Bertz CT molecular complexity index is 3790. The highest BCUT2D eigenvalue weighted by Gasteiger charge is 2.29. The van der Waals surface area contributed by atoms with Crippen LogP contribution in [0.2, 0.25) is 0 Å². The van der Waals surface area contributed by atoms with Gasteiger partial charge in [0.25, 0.3) is 11.8 Å². The summed E-state index contributed by atoms with van der Waals surface area (Å²) in [6, 6.07) is 29.4. The zero-order chi connectivity index (χ0) is 59.1. The summed E-state index contributed by atoms with van der Waals surface area (Å²) < 4.78 is 73.1. The quantitative estimate of drug-likeness (QED) is 0.0322. The summed E-state index contributed by atoms with van der Waals surface area (Å²) in [6.07, 6.45) is 0.248. The zero-order valence-corrected chi connectivity index (χ0v) is 45.6.